The van der Waals surface area contributed by atoms with E-state index in [0.29, 0.717) is 10.7 Å². The van der Waals surface area contributed by atoms with Crippen molar-refractivity contribution in [3.63, 3.8) is 0 Å². The Balaban J connectivity index is 1.53. The zero-order valence-electron chi connectivity index (χ0n) is 18.4. The number of hydrogen-bond acceptors (Lipinski definition) is 5. The highest BCUT2D eigenvalue weighted by molar-refractivity contribution is 7.80. The molecule has 2 aliphatic heterocycles. The first kappa shape index (κ1) is 21.6. The van der Waals surface area contributed by atoms with E-state index in [1.807, 2.05) is 48.8 Å². The van der Waals surface area contributed by atoms with Crippen molar-refractivity contribution in [1.82, 2.24) is 19.8 Å². The highest BCUT2D eigenvalue weighted by Gasteiger charge is 2.42. The van der Waals surface area contributed by atoms with Crippen LogP contribution >= 0.6 is 12.2 Å². The molecule has 33 heavy (non-hydrogen) atoms. The summed E-state index contributed by atoms with van der Waals surface area (Å²) in [7, 11) is 1.39. The van der Waals surface area contributed by atoms with Crippen LogP contribution in [0.15, 0.2) is 67.0 Å². The van der Waals surface area contributed by atoms with Gasteiger partial charge in [0.2, 0.25) is 0 Å². The SMILES string of the molecule is COC(=O)c1ccc(-n2cccc2[C@@H]2[C@@H](c3ccccn3)NC(=S)N2C[C@H]2CCCO2)cc1. The summed E-state index contributed by atoms with van der Waals surface area (Å²) in [6.07, 6.45) is 6.12. The molecule has 3 atom stereocenters. The van der Waals surface area contributed by atoms with Gasteiger partial charge in [0, 0.05) is 36.9 Å². The van der Waals surface area contributed by atoms with Crippen LogP contribution in [0.25, 0.3) is 5.69 Å². The maximum absolute atomic E-state index is 11.9. The van der Waals surface area contributed by atoms with Crippen molar-refractivity contribution in [1.29, 1.82) is 0 Å². The molecule has 2 fully saturated rings. The van der Waals surface area contributed by atoms with Crippen LogP contribution in [0.1, 0.15) is 46.7 Å². The van der Waals surface area contributed by atoms with Gasteiger partial charge in [-0.3, -0.25) is 4.98 Å². The van der Waals surface area contributed by atoms with E-state index in [9.17, 15) is 4.79 Å². The number of hydrogen-bond donors (Lipinski definition) is 1. The molecule has 0 unspecified atom stereocenters. The Morgan fingerprint density at radius 1 is 1.21 bits per heavy atom. The lowest BCUT2D eigenvalue weighted by atomic mass is 10.0. The van der Waals surface area contributed by atoms with Crippen LogP contribution in [-0.2, 0) is 9.47 Å². The van der Waals surface area contributed by atoms with E-state index in [1.165, 1.54) is 7.11 Å². The molecule has 7 nitrogen and oxygen atoms in total. The second-order valence-electron chi connectivity index (χ2n) is 8.26. The molecule has 0 saturated carbocycles. The van der Waals surface area contributed by atoms with Gasteiger partial charge in [-0.2, -0.15) is 0 Å². The zero-order valence-corrected chi connectivity index (χ0v) is 19.2. The van der Waals surface area contributed by atoms with E-state index in [-0.39, 0.29) is 24.2 Å². The molecule has 1 aromatic carbocycles. The average Bonchev–Trinajstić information content (AvgIpc) is 3.61. The average molecular weight is 463 g/mol. The Kier molecular flexibility index (Phi) is 6.11. The summed E-state index contributed by atoms with van der Waals surface area (Å²) in [4.78, 5) is 18.7. The van der Waals surface area contributed by atoms with Gasteiger partial charge in [-0.15, -0.1) is 0 Å². The zero-order chi connectivity index (χ0) is 22.8. The minimum Gasteiger partial charge on any atom is -0.465 e. The van der Waals surface area contributed by atoms with Crippen molar-refractivity contribution in [2.24, 2.45) is 0 Å². The number of nitrogens with one attached hydrogen (secondary N) is 1. The van der Waals surface area contributed by atoms with Crippen LogP contribution in [0.5, 0.6) is 0 Å². The first-order chi connectivity index (χ1) is 16.2. The van der Waals surface area contributed by atoms with Crippen molar-refractivity contribution in [3.05, 3.63) is 83.9 Å². The molecule has 1 N–H and O–H groups in total. The minimum absolute atomic E-state index is 0.0631. The predicted octanol–water partition coefficient (Wildman–Crippen LogP) is 3.81. The second-order valence-corrected chi connectivity index (χ2v) is 8.64. The van der Waals surface area contributed by atoms with Gasteiger partial charge < -0.3 is 24.3 Å². The normalized spacial score (nSPS) is 22.4. The molecule has 0 amide bonds. The minimum atomic E-state index is -0.349. The predicted molar refractivity (Wildman–Crippen MR) is 128 cm³/mol. The third-order valence-electron chi connectivity index (χ3n) is 6.27. The number of pyridine rings is 1. The van der Waals surface area contributed by atoms with E-state index in [0.717, 1.165) is 43.1 Å². The van der Waals surface area contributed by atoms with Crippen LogP contribution in [0.2, 0.25) is 0 Å². The van der Waals surface area contributed by atoms with E-state index in [1.54, 1.807) is 12.1 Å². The van der Waals surface area contributed by atoms with Crippen molar-refractivity contribution < 1.29 is 14.3 Å². The number of benzene rings is 1. The molecule has 8 heteroatoms. The molecule has 0 spiro atoms. The van der Waals surface area contributed by atoms with Gasteiger partial charge in [-0.05, 0) is 73.6 Å². The Labute approximate surface area is 198 Å². The number of methoxy groups -OCH3 is 1. The van der Waals surface area contributed by atoms with Gasteiger partial charge in [-0.1, -0.05) is 6.07 Å². The largest absolute Gasteiger partial charge is 0.465 e. The number of esters is 1. The van der Waals surface area contributed by atoms with Gasteiger partial charge >= 0.3 is 5.97 Å². The number of rotatable bonds is 6. The van der Waals surface area contributed by atoms with Crippen molar-refractivity contribution in [2.45, 2.75) is 31.0 Å². The number of thiocarbonyl (C=S) groups is 1. The Hall–Kier alpha value is -3.23. The molecule has 0 radical (unpaired) electrons. The Bertz CT molecular complexity index is 1130. The van der Waals surface area contributed by atoms with Crippen LogP contribution in [0.4, 0.5) is 0 Å². The summed E-state index contributed by atoms with van der Waals surface area (Å²) in [6.45, 7) is 1.53. The van der Waals surface area contributed by atoms with Crippen LogP contribution in [0.3, 0.4) is 0 Å². The Morgan fingerprint density at radius 3 is 2.76 bits per heavy atom. The lowest BCUT2D eigenvalue weighted by molar-refractivity contribution is 0.0600. The first-order valence-corrected chi connectivity index (χ1v) is 11.5. The molecule has 2 aromatic heterocycles. The number of nitrogens with zero attached hydrogens (tertiary/aromatic N) is 3. The second kappa shape index (κ2) is 9.33. The third-order valence-corrected chi connectivity index (χ3v) is 6.62. The number of aromatic nitrogens is 2. The summed E-state index contributed by atoms with van der Waals surface area (Å²) < 4.78 is 12.9. The highest BCUT2D eigenvalue weighted by atomic mass is 32.1. The molecular formula is C25H26N4O3S. The summed E-state index contributed by atoms with van der Waals surface area (Å²) in [6, 6.07) is 17.4. The van der Waals surface area contributed by atoms with Gasteiger partial charge in [0.25, 0.3) is 0 Å². The molecule has 0 aliphatic carbocycles. The van der Waals surface area contributed by atoms with Crippen molar-refractivity contribution in [2.75, 3.05) is 20.3 Å². The van der Waals surface area contributed by atoms with Crippen LogP contribution < -0.4 is 5.32 Å². The monoisotopic (exact) mass is 462 g/mol. The lowest BCUT2D eigenvalue weighted by Crippen LogP contribution is -2.36. The van der Waals surface area contributed by atoms with E-state index in [4.69, 9.17) is 21.7 Å². The summed E-state index contributed by atoms with van der Waals surface area (Å²) in [5.41, 5.74) is 3.50. The number of ether oxygens (including phenoxy) is 2. The van der Waals surface area contributed by atoms with Gasteiger partial charge in [0.05, 0.1) is 36.6 Å². The molecule has 0 bridgehead atoms. The fraction of sp³-hybridized carbons (Fsp3) is 0.320. The maximum atomic E-state index is 11.9. The molecule has 2 saturated heterocycles. The quantitative estimate of drug-likeness (QED) is 0.441. The van der Waals surface area contributed by atoms with E-state index < -0.39 is 0 Å². The topological polar surface area (TPSA) is 68.6 Å². The summed E-state index contributed by atoms with van der Waals surface area (Å²) >= 11 is 5.79. The molecular weight excluding hydrogens is 436 g/mol. The fourth-order valence-electron chi connectivity index (χ4n) is 4.68. The molecule has 2 aliphatic rings. The molecule has 5 rings (SSSR count). The van der Waals surface area contributed by atoms with E-state index in [2.05, 4.69) is 25.8 Å². The van der Waals surface area contributed by atoms with Crippen LogP contribution in [0, 0.1) is 0 Å². The molecule has 4 heterocycles. The maximum Gasteiger partial charge on any atom is 0.337 e. The smallest absolute Gasteiger partial charge is 0.337 e. The van der Waals surface area contributed by atoms with E-state index >= 15 is 0 Å². The summed E-state index contributed by atoms with van der Waals surface area (Å²) in [5, 5.41) is 4.22. The number of carbonyl (C=O) groups is 1. The standard InChI is InChI=1S/C25H26N4O3S/c1-31-24(30)17-9-11-18(12-10-17)28-14-4-8-21(28)23-22(20-7-2-3-13-26-20)27-25(33)29(23)16-19-6-5-15-32-19/h2-4,7-14,19,22-23H,5-6,15-16H2,1H3,(H,27,33)/t19-,22-,23-/m1/s1. The van der Waals surface area contributed by atoms with Gasteiger partial charge in [-0.25, -0.2) is 4.79 Å². The first-order valence-electron chi connectivity index (χ1n) is 11.1. The third kappa shape index (κ3) is 4.24. The van der Waals surface area contributed by atoms with Gasteiger partial charge in [0.1, 0.15) is 0 Å². The molecule has 170 valence electrons. The fourth-order valence-corrected chi connectivity index (χ4v) is 4.99. The molecule has 3 aromatic rings. The van der Waals surface area contributed by atoms with Crippen LogP contribution in [-0.4, -0.2) is 51.9 Å². The summed E-state index contributed by atoms with van der Waals surface area (Å²) in [5.74, 6) is -0.349. The van der Waals surface area contributed by atoms with Gasteiger partial charge in [0.15, 0.2) is 5.11 Å². The van der Waals surface area contributed by atoms with Crippen molar-refractivity contribution >= 4 is 23.3 Å². The Morgan fingerprint density at radius 2 is 2.06 bits per heavy atom. The highest BCUT2D eigenvalue weighted by Crippen LogP contribution is 2.40. The lowest BCUT2D eigenvalue weighted by Gasteiger charge is -2.30. The number of carbonyl (C=O) groups excluding carboxylic acids is 1. The van der Waals surface area contributed by atoms with Crippen molar-refractivity contribution in [3.8, 4) is 5.69 Å².